The Balaban J connectivity index is 1.52. The maximum atomic E-state index is 13.3. The summed E-state index contributed by atoms with van der Waals surface area (Å²) in [6, 6.07) is 8.86. The van der Waals surface area contributed by atoms with E-state index in [1.165, 1.54) is 28.6 Å². The summed E-state index contributed by atoms with van der Waals surface area (Å²) in [5.41, 5.74) is -0.573. The van der Waals surface area contributed by atoms with Crippen molar-refractivity contribution in [2.24, 2.45) is 0 Å². The fourth-order valence-corrected chi connectivity index (χ4v) is 4.50. The number of piperazine rings is 1. The molecule has 0 saturated carbocycles. The number of nitrogens with one attached hydrogen (secondary N) is 1. The van der Waals surface area contributed by atoms with Gasteiger partial charge in [0.2, 0.25) is 15.9 Å². The summed E-state index contributed by atoms with van der Waals surface area (Å²) >= 11 is 0. The van der Waals surface area contributed by atoms with Gasteiger partial charge in [0.25, 0.3) is 0 Å². The highest BCUT2D eigenvalue weighted by atomic mass is 32.2. The van der Waals surface area contributed by atoms with Crippen LogP contribution in [0.15, 0.2) is 53.4 Å². The predicted octanol–water partition coefficient (Wildman–Crippen LogP) is 2.79. The zero-order chi connectivity index (χ0) is 21.9. The van der Waals surface area contributed by atoms with E-state index in [0.717, 1.165) is 24.3 Å². The smallest absolute Gasteiger partial charge is 0.325 e. The molecule has 1 amide bonds. The Bertz CT molecular complexity index is 1000. The van der Waals surface area contributed by atoms with Crippen LogP contribution in [-0.2, 0) is 21.0 Å². The second-order valence-electron chi connectivity index (χ2n) is 6.76. The lowest BCUT2D eigenvalue weighted by atomic mass is 10.2. The third kappa shape index (κ3) is 5.35. The minimum absolute atomic E-state index is 0.0329. The first-order valence-electron chi connectivity index (χ1n) is 9.01. The average Bonchev–Trinajstić information content (AvgIpc) is 2.68. The van der Waals surface area contributed by atoms with Gasteiger partial charge in [-0.3, -0.25) is 9.69 Å². The Labute approximate surface area is 171 Å². The van der Waals surface area contributed by atoms with Crippen LogP contribution in [0.2, 0.25) is 0 Å². The number of carbonyl (C=O) groups is 1. The molecular weight excluding hydrogens is 426 g/mol. The van der Waals surface area contributed by atoms with Gasteiger partial charge < -0.3 is 5.32 Å². The first-order valence-corrected chi connectivity index (χ1v) is 10.4. The van der Waals surface area contributed by atoms with Crippen LogP contribution in [0, 0.1) is 5.82 Å². The number of hydrogen-bond acceptors (Lipinski definition) is 4. The van der Waals surface area contributed by atoms with Crippen molar-refractivity contribution in [2.75, 3.05) is 38.0 Å². The topological polar surface area (TPSA) is 69.7 Å². The molecule has 6 nitrogen and oxygen atoms in total. The first-order chi connectivity index (χ1) is 14.1. The molecule has 0 radical (unpaired) electrons. The zero-order valence-electron chi connectivity index (χ0n) is 15.7. The van der Waals surface area contributed by atoms with Crippen molar-refractivity contribution in [1.29, 1.82) is 0 Å². The van der Waals surface area contributed by atoms with Crippen LogP contribution in [0.3, 0.4) is 0 Å². The molecule has 0 unspecified atom stereocenters. The molecule has 0 aromatic heterocycles. The maximum absolute atomic E-state index is 13.3. The molecule has 1 fully saturated rings. The van der Waals surface area contributed by atoms with E-state index in [1.807, 2.05) is 0 Å². The van der Waals surface area contributed by atoms with Crippen LogP contribution in [0.4, 0.5) is 23.2 Å². The van der Waals surface area contributed by atoms with Crippen LogP contribution >= 0.6 is 0 Å². The van der Waals surface area contributed by atoms with Crippen LogP contribution in [0.25, 0.3) is 0 Å². The highest BCUT2D eigenvalue weighted by Gasteiger charge is 2.31. The number of hydrogen-bond donors (Lipinski definition) is 1. The lowest BCUT2D eigenvalue weighted by Gasteiger charge is -2.33. The molecule has 1 aliphatic heterocycles. The van der Waals surface area contributed by atoms with E-state index in [-0.39, 0.29) is 43.3 Å². The Hall–Kier alpha value is -2.50. The number of halogens is 4. The quantitative estimate of drug-likeness (QED) is 0.719. The van der Waals surface area contributed by atoms with Gasteiger partial charge in [0.05, 0.1) is 17.0 Å². The van der Waals surface area contributed by atoms with E-state index in [1.54, 1.807) is 4.90 Å². The molecule has 30 heavy (non-hydrogen) atoms. The number of anilines is 1. The molecule has 3 rings (SSSR count). The number of carbonyl (C=O) groups excluding carboxylic acids is 1. The van der Waals surface area contributed by atoms with E-state index in [4.69, 9.17) is 0 Å². The Morgan fingerprint density at radius 3 is 2.20 bits per heavy atom. The summed E-state index contributed by atoms with van der Waals surface area (Å²) in [5, 5.41) is 2.52. The van der Waals surface area contributed by atoms with Crippen molar-refractivity contribution in [3.8, 4) is 0 Å². The SMILES string of the molecule is O=C(CN1CCN(S(=O)(=O)c2cccc(F)c2)CC1)Nc1ccc(C(F)(F)F)cc1. The van der Waals surface area contributed by atoms with Gasteiger partial charge in [-0.1, -0.05) is 6.07 Å². The number of rotatable bonds is 5. The third-order valence-corrected chi connectivity index (χ3v) is 6.52. The molecule has 0 bridgehead atoms. The van der Waals surface area contributed by atoms with Crippen molar-refractivity contribution in [1.82, 2.24) is 9.21 Å². The van der Waals surface area contributed by atoms with Gasteiger partial charge in [-0.2, -0.15) is 17.5 Å². The van der Waals surface area contributed by atoms with E-state index < -0.39 is 33.5 Å². The number of alkyl halides is 3. The Morgan fingerprint density at radius 2 is 1.63 bits per heavy atom. The fourth-order valence-electron chi connectivity index (χ4n) is 3.05. The number of amides is 1. The van der Waals surface area contributed by atoms with Gasteiger partial charge in [-0.15, -0.1) is 0 Å². The molecule has 2 aromatic rings. The summed E-state index contributed by atoms with van der Waals surface area (Å²) in [7, 11) is -3.83. The minimum atomic E-state index is -4.45. The molecule has 0 aliphatic carbocycles. The maximum Gasteiger partial charge on any atom is 0.416 e. The zero-order valence-corrected chi connectivity index (χ0v) is 16.5. The minimum Gasteiger partial charge on any atom is -0.325 e. The lowest BCUT2D eigenvalue weighted by molar-refractivity contribution is -0.137. The summed E-state index contributed by atoms with van der Waals surface area (Å²) in [4.78, 5) is 13.8. The van der Waals surface area contributed by atoms with E-state index >= 15 is 0 Å². The number of nitrogens with zero attached hydrogens (tertiary/aromatic N) is 2. The monoisotopic (exact) mass is 445 g/mol. The molecule has 2 aromatic carbocycles. The third-order valence-electron chi connectivity index (χ3n) is 4.63. The molecule has 0 spiro atoms. The van der Waals surface area contributed by atoms with E-state index in [2.05, 4.69) is 5.32 Å². The van der Waals surface area contributed by atoms with Gasteiger partial charge >= 0.3 is 6.18 Å². The molecular formula is C19H19F4N3O3S. The van der Waals surface area contributed by atoms with Crippen molar-refractivity contribution < 1.29 is 30.8 Å². The second-order valence-corrected chi connectivity index (χ2v) is 8.70. The lowest BCUT2D eigenvalue weighted by Crippen LogP contribution is -2.50. The molecule has 11 heteroatoms. The molecule has 1 aliphatic rings. The van der Waals surface area contributed by atoms with Gasteiger partial charge in [0, 0.05) is 31.9 Å². The van der Waals surface area contributed by atoms with Gasteiger partial charge in [0.15, 0.2) is 0 Å². The van der Waals surface area contributed by atoms with Gasteiger partial charge in [0.1, 0.15) is 5.82 Å². The van der Waals surface area contributed by atoms with Gasteiger partial charge in [-0.25, -0.2) is 12.8 Å². The summed E-state index contributed by atoms with van der Waals surface area (Å²) < 4.78 is 77.5. The van der Waals surface area contributed by atoms with Crippen LogP contribution in [-0.4, -0.2) is 56.3 Å². The highest BCUT2D eigenvalue weighted by Crippen LogP contribution is 2.29. The van der Waals surface area contributed by atoms with E-state index in [0.29, 0.717) is 0 Å². The highest BCUT2D eigenvalue weighted by molar-refractivity contribution is 7.89. The van der Waals surface area contributed by atoms with Crippen molar-refractivity contribution in [2.45, 2.75) is 11.1 Å². The molecule has 1 saturated heterocycles. The van der Waals surface area contributed by atoms with Crippen LogP contribution in [0.1, 0.15) is 5.56 Å². The van der Waals surface area contributed by atoms with Crippen molar-refractivity contribution in [3.05, 3.63) is 59.9 Å². The van der Waals surface area contributed by atoms with Gasteiger partial charge in [-0.05, 0) is 42.5 Å². The molecule has 0 atom stereocenters. The predicted molar refractivity (Wildman–Crippen MR) is 102 cm³/mol. The molecule has 162 valence electrons. The largest absolute Gasteiger partial charge is 0.416 e. The average molecular weight is 445 g/mol. The summed E-state index contributed by atoms with van der Waals surface area (Å²) in [6.45, 7) is 0.803. The van der Waals surface area contributed by atoms with Crippen LogP contribution < -0.4 is 5.32 Å². The summed E-state index contributed by atoms with van der Waals surface area (Å²) in [5.74, 6) is -1.06. The molecule has 1 heterocycles. The normalized spacial score (nSPS) is 16.4. The second kappa shape index (κ2) is 8.70. The number of sulfonamides is 1. The Morgan fingerprint density at radius 1 is 1.00 bits per heavy atom. The number of benzene rings is 2. The van der Waals surface area contributed by atoms with Crippen molar-refractivity contribution in [3.63, 3.8) is 0 Å². The van der Waals surface area contributed by atoms with Crippen LogP contribution in [0.5, 0.6) is 0 Å². The first kappa shape index (κ1) is 22.2. The Kier molecular flexibility index (Phi) is 6.44. The van der Waals surface area contributed by atoms with E-state index in [9.17, 15) is 30.8 Å². The summed E-state index contributed by atoms with van der Waals surface area (Å²) in [6.07, 6.45) is -4.45. The molecule has 1 N–H and O–H groups in total. The van der Waals surface area contributed by atoms with Crippen molar-refractivity contribution >= 4 is 21.6 Å². The fraction of sp³-hybridized carbons (Fsp3) is 0.316. The standard InChI is InChI=1S/C19H19F4N3O3S/c20-15-2-1-3-17(12-15)30(28,29)26-10-8-25(9-11-26)13-18(27)24-16-6-4-14(5-7-16)19(21,22)23/h1-7,12H,8-11,13H2,(H,24,27).